The van der Waals surface area contributed by atoms with Gasteiger partial charge in [-0.1, -0.05) is 6.92 Å². The number of alkyl halides is 2. The van der Waals surface area contributed by atoms with E-state index in [1.807, 2.05) is 38.1 Å². The van der Waals surface area contributed by atoms with Crippen molar-refractivity contribution in [2.24, 2.45) is 0 Å². The highest BCUT2D eigenvalue weighted by Gasteiger charge is 2.12. The second kappa shape index (κ2) is 8.41. The molecule has 0 aliphatic carbocycles. The van der Waals surface area contributed by atoms with E-state index in [9.17, 15) is 4.79 Å². The van der Waals surface area contributed by atoms with Crippen LogP contribution in [0.5, 0.6) is 0 Å². The van der Waals surface area contributed by atoms with E-state index in [4.69, 9.17) is 23.2 Å². The first-order chi connectivity index (χ1) is 11.1. The van der Waals surface area contributed by atoms with Crippen molar-refractivity contribution in [3.63, 3.8) is 0 Å². The van der Waals surface area contributed by atoms with E-state index < -0.39 is 0 Å². The monoisotopic (exact) mass is 356 g/mol. The van der Waals surface area contributed by atoms with E-state index in [0.717, 1.165) is 30.9 Å². The molecular formula is C16H22Cl2N4O. The third kappa shape index (κ3) is 4.09. The van der Waals surface area contributed by atoms with E-state index in [-0.39, 0.29) is 11.7 Å². The van der Waals surface area contributed by atoms with Crippen molar-refractivity contribution in [3.8, 4) is 5.69 Å². The van der Waals surface area contributed by atoms with Crippen molar-refractivity contribution in [3.05, 3.63) is 41.1 Å². The summed E-state index contributed by atoms with van der Waals surface area (Å²) in [6, 6.07) is 7.86. The zero-order valence-corrected chi connectivity index (χ0v) is 15.0. The minimum absolute atomic E-state index is 0.0888. The Morgan fingerprint density at radius 1 is 1.17 bits per heavy atom. The molecule has 0 aliphatic rings. The van der Waals surface area contributed by atoms with E-state index >= 15 is 0 Å². The van der Waals surface area contributed by atoms with Crippen molar-refractivity contribution in [2.75, 3.05) is 29.7 Å². The summed E-state index contributed by atoms with van der Waals surface area (Å²) in [7, 11) is 0. The largest absolute Gasteiger partial charge is 0.369 e. The fraction of sp³-hybridized carbons (Fsp3) is 0.500. The first-order valence-electron chi connectivity index (χ1n) is 7.75. The molecule has 5 nitrogen and oxygen atoms in total. The molecule has 126 valence electrons. The van der Waals surface area contributed by atoms with Crippen LogP contribution in [0.3, 0.4) is 0 Å². The number of benzene rings is 1. The second-order valence-corrected chi connectivity index (χ2v) is 6.12. The van der Waals surface area contributed by atoms with Gasteiger partial charge in [-0.25, -0.2) is 14.0 Å². The van der Waals surface area contributed by atoms with Crippen molar-refractivity contribution in [1.29, 1.82) is 0 Å². The topological polar surface area (TPSA) is 43.1 Å². The molecule has 0 saturated carbocycles. The molecule has 23 heavy (non-hydrogen) atoms. The molecule has 0 radical (unpaired) electrons. The number of rotatable bonds is 8. The average molecular weight is 357 g/mol. The smallest absolute Gasteiger partial charge is 0.350 e. The van der Waals surface area contributed by atoms with Crippen LogP contribution in [0.2, 0.25) is 0 Å². The molecule has 2 aromatic rings. The molecule has 1 aromatic heterocycles. The fourth-order valence-corrected chi connectivity index (χ4v) is 2.77. The third-order valence-corrected chi connectivity index (χ3v) is 4.24. The van der Waals surface area contributed by atoms with Gasteiger partial charge in [-0.2, -0.15) is 5.10 Å². The number of anilines is 1. The first-order valence-corrected chi connectivity index (χ1v) is 8.82. The molecule has 0 N–H and O–H groups in total. The molecule has 1 atom stereocenters. The lowest BCUT2D eigenvalue weighted by Gasteiger charge is -2.23. The van der Waals surface area contributed by atoms with Gasteiger partial charge in [0.2, 0.25) is 0 Å². The summed E-state index contributed by atoms with van der Waals surface area (Å²) in [5, 5.41) is 4.20. The number of hydrogen-bond donors (Lipinski definition) is 0. The van der Waals surface area contributed by atoms with Gasteiger partial charge in [-0.05, 0) is 37.6 Å². The summed E-state index contributed by atoms with van der Waals surface area (Å²) >= 11 is 11.7. The van der Waals surface area contributed by atoms with Gasteiger partial charge in [0.1, 0.15) is 6.33 Å². The van der Waals surface area contributed by atoms with E-state index in [1.54, 1.807) is 10.9 Å². The van der Waals surface area contributed by atoms with Crippen LogP contribution in [0.25, 0.3) is 5.69 Å². The maximum atomic E-state index is 12.4. The lowest BCUT2D eigenvalue weighted by molar-refractivity contribution is 0.460. The average Bonchev–Trinajstić information content (AvgIpc) is 2.96. The van der Waals surface area contributed by atoms with Crippen molar-refractivity contribution in [2.45, 2.75) is 26.3 Å². The minimum Gasteiger partial charge on any atom is -0.369 e. The highest BCUT2D eigenvalue weighted by molar-refractivity contribution is 6.18. The molecule has 1 unspecified atom stereocenters. The van der Waals surface area contributed by atoms with E-state index in [2.05, 4.69) is 10.00 Å². The predicted octanol–water partition coefficient (Wildman–Crippen LogP) is 3.29. The van der Waals surface area contributed by atoms with Crippen molar-refractivity contribution < 1.29 is 0 Å². The molecule has 0 bridgehead atoms. The van der Waals surface area contributed by atoms with Crippen molar-refractivity contribution in [1.82, 2.24) is 14.3 Å². The maximum absolute atomic E-state index is 12.4. The van der Waals surface area contributed by atoms with Gasteiger partial charge in [-0.15, -0.1) is 23.2 Å². The van der Waals surface area contributed by atoms with Crippen LogP contribution in [0.1, 0.15) is 26.3 Å². The molecule has 0 spiro atoms. The molecule has 0 aliphatic heterocycles. The van der Waals surface area contributed by atoms with Crippen LogP contribution in [-0.4, -0.2) is 39.2 Å². The summed E-state index contributed by atoms with van der Waals surface area (Å²) in [4.78, 5) is 14.5. The zero-order valence-electron chi connectivity index (χ0n) is 13.5. The number of hydrogen-bond acceptors (Lipinski definition) is 3. The van der Waals surface area contributed by atoms with Crippen molar-refractivity contribution >= 4 is 28.9 Å². The Morgan fingerprint density at radius 3 is 2.30 bits per heavy atom. The standard InChI is InChI=1S/C16H22Cl2N4O/c1-3-13(2)22-16(23)21(12-19-22)15-6-4-14(5-7-15)20(10-8-17)11-9-18/h4-7,12-13H,3,8-11H2,1-2H3. The fourth-order valence-electron chi connectivity index (χ4n) is 2.37. The molecule has 1 heterocycles. The quantitative estimate of drug-likeness (QED) is 0.681. The Balaban J connectivity index is 2.26. The highest BCUT2D eigenvalue weighted by atomic mass is 35.5. The van der Waals surface area contributed by atoms with Gasteiger partial charge in [0.15, 0.2) is 0 Å². The molecule has 0 fully saturated rings. The molecule has 0 amide bonds. The summed E-state index contributed by atoms with van der Waals surface area (Å²) < 4.78 is 3.07. The summed E-state index contributed by atoms with van der Waals surface area (Å²) in [5.41, 5.74) is 1.72. The van der Waals surface area contributed by atoms with Gasteiger partial charge in [0, 0.05) is 30.5 Å². The molecular weight excluding hydrogens is 335 g/mol. The normalized spacial score (nSPS) is 12.3. The number of aromatic nitrogens is 3. The van der Waals surface area contributed by atoms with E-state index in [1.165, 1.54) is 4.68 Å². The Morgan fingerprint density at radius 2 is 1.78 bits per heavy atom. The van der Waals surface area contributed by atoms with Gasteiger partial charge in [0.05, 0.1) is 11.7 Å². The van der Waals surface area contributed by atoms with Crippen LogP contribution in [0.4, 0.5) is 5.69 Å². The molecule has 7 heteroatoms. The third-order valence-electron chi connectivity index (χ3n) is 3.90. The number of halogens is 2. The summed E-state index contributed by atoms with van der Waals surface area (Å²) in [5.74, 6) is 1.08. The molecule has 2 rings (SSSR count). The highest BCUT2D eigenvalue weighted by Crippen LogP contribution is 2.17. The predicted molar refractivity (Wildman–Crippen MR) is 96.5 cm³/mol. The van der Waals surface area contributed by atoms with Gasteiger partial charge in [0.25, 0.3) is 0 Å². The Kier molecular flexibility index (Phi) is 6.54. The first kappa shape index (κ1) is 17.9. The van der Waals surface area contributed by atoms with Crippen LogP contribution in [0, 0.1) is 0 Å². The number of nitrogens with zero attached hydrogens (tertiary/aromatic N) is 4. The summed E-state index contributed by atoms with van der Waals surface area (Å²) in [6.07, 6.45) is 2.43. The maximum Gasteiger partial charge on any atom is 0.350 e. The van der Waals surface area contributed by atoms with E-state index in [0.29, 0.717) is 11.8 Å². The van der Waals surface area contributed by atoms with Gasteiger partial charge < -0.3 is 4.90 Å². The molecule has 1 aromatic carbocycles. The van der Waals surface area contributed by atoms with Gasteiger partial charge >= 0.3 is 5.69 Å². The Hall–Kier alpha value is -1.46. The molecule has 0 saturated heterocycles. The van der Waals surface area contributed by atoms with Gasteiger partial charge in [-0.3, -0.25) is 0 Å². The lowest BCUT2D eigenvalue weighted by atomic mass is 10.2. The lowest BCUT2D eigenvalue weighted by Crippen LogP contribution is -2.28. The SMILES string of the molecule is CCC(C)n1ncn(-c2ccc(N(CCCl)CCCl)cc2)c1=O. The zero-order chi connectivity index (χ0) is 16.8. The van der Waals surface area contributed by atoms with Crippen LogP contribution < -0.4 is 10.6 Å². The van der Waals surface area contributed by atoms with Crippen LogP contribution >= 0.6 is 23.2 Å². The Labute approximate surface area is 146 Å². The minimum atomic E-state index is -0.120. The summed E-state index contributed by atoms with van der Waals surface area (Å²) in [6.45, 7) is 5.49. The van der Waals surface area contributed by atoms with Crippen LogP contribution in [0.15, 0.2) is 35.4 Å². The Bertz CT molecular complexity index is 659. The second-order valence-electron chi connectivity index (χ2n) is 5.37. The van der Waals surface area contributed by atoms with Crippen LogP contribution in [-0.2, 0) is 0 Å².